The number of thiazole rings is 1. The van der Waals surface area contributed by atoms with Gasteiger partial charge >= 0.3 is 0 Å². The highest BCUT2D eigenvalue weighted by Gasteiger charge is 2.18. The Hall–Kier alpha value is -0.450. The molecule has 1 heterocycles. The van der Waals surface area contributed by atoms with Crippen molar-refractivity contribution < 1.29 is 0 Å². The Kier molecular flexibility index (Phi) is 6.26. The Bertz CT molecular complexity index is 341. The summed E-state index contributed by atoms with van der Waals surface area (Å²) in [5, 5.41) is 3.40. The third-order valence-electron chi connectivity index (χ3n) is 2.95. The average molecular weight is 269 g/mol. The van der Waals surface area contributed by atoms with Gasteiger partial charge in [-0.25, -0.2) is 4.98 Å². The molecule has 18 heavy (non-hydrogen) atoms. The lowest BCUT2D eigenvalue weighted by atomic mass is 9.93. The summed E-state index contributed by atoms with van der Waals surface area (Å²) >= 11 is 1.77. The first kappa shape index (κ1) is 15.6. The van der Waals surface area contributed by atoms with Gasteiger partial charge in [0.15, 0.2) is 0 Å². The monoisotopic (exact) mass is 269 g/mol. The Labute approximate surface area is 115 Å². The summed E-state index contributed by atoms with van der Waals surface area (Å²) in [5.41, 5.74) is 7.02. The third kappa shape index (κ3) is 5.04. The topological polar surface area (TPSA) is 42.1 Å². The van der Waals surface area contributed by atoms with Crippen molar-refractivity contribution >= 4 is 11.3 Å². The van der Waals surface area contributed by atoms with Crippen LogP contribution in [0.1, 0.15) is 51.2 Å². The second-order valence-electron chi connectivity index (χ2n) is 5.79. The minimum absolute atomic E-state index is 0.150. The van der Waals surface area contributed by atoms with Crippen molar-refractivity contribution in [3.8, 4) is 0 Å². The quantitative estimate of drug-likeness (QED) is 0.827. The maximum absolute atomic E-state index is 5.67. The van der Waals surface area contributed by atoms with Crippen LogP contribution < -0.4 is 5.73 Å². The van der Waals surface area contributed by atoms with Gasteiger partial charge < -0.3 is 5.73 Å². The zero-order valence-corrected chi connectivity index (χ0v) is 13.0. The van der Waals surface area contributed by atoms with Crippen molar-refractivity contribution in [3.63, 3.8) is 0 Å². The lowest BCUT2D eigenvalue weighted by Gasteiger charge is -2.20. The summed E-state index contributed by atoms with van der Waals surface area (Å²) in [4.78, 5) is 7.16. The molecule has 1 rings (SSSR count). The van der Waals surface area contributed by atoms with E-state index in [2.05, 4.69) is 38.0 Å². The number of rotatable bonds is 7. The van der Waals surface area contributed by atoms with Gasteiger partial charge in [0.25, 0.3) is 0 Å². The van der Waals surface area contributed by atoms with Crippen LogP contribution in [0, 0.1) is 0 Å². The van der Waals surface area contributed by atoms with E-state index in [0.29, 0.717) is 0 Å². The molecule has 0 saturated heterocycles. The summed E-state index contributed by atoms with van der Waals surface area (Å²) in [7, 11) is 0. The van der Waals surface area contributed by atoms with E-state index in [1.807, 2.05) is 0 Å². The van der Waals surface area contributed by atoms with Gasteiger partial charge in [-0.1, -0.05) is 34.1 Å². The molecule has 0 radical (unpaired) electrons. The third-order valence-corrected chi connectivity index (χ3v) is 3.79. The number of nitrogens with two attached hydrogens (primary N) is 1. The normalized spacial score (nSPS) is 12.3. The number of unbranched alkanes of at least 4 members (excludes halogenated alkanes) is 1. The van der Waals surface area contributed by atoms with E-state index in [1.165, 1.54) is 23.5 Å². The molecule has 0 amide bonds. The van der Waals surface area contributed by atoms with Crippen molar-refractivity contribution in [2.75, 3.05) is 19.6 Å². The van der Waals surface area contributed by atoms with E-state index in [-0.39, 0.29) is 5.41 Å². The molecule has 0 unspecified atom stereocenters. The molecule has 4 heteroatoms. The van der Waals surface area contributed by atoms with Gasteiger partial charge in [0.05, 0.1) is 12.2 Å². The molecular weight excluding hydrogens is 242 g/mol. The Morgan fingerprint density at radius 2 is 2.06 bits per heavy atom. The van der Waals surface area contributed by atoms with Crippen LogP contribution in [0.2, 0.25) is 0 Å². The average Bonchev–Trinajstić information content (AvgIpc) is 2.74. The molecule has 2 N–H and O–H groups in total. The van der Waals surface area contributed by atoms with Crippen molar-refractivity contribution in [1.82, 2.24) is 9.88 Å². The molecular formula is C14H27N3S. The highest BCUT2D eigenvalue weighted by atomic mass is 32.1. The number of nitrogens with zero attached hydrogens (tertiary/aromatic N) is 2. The fourth-order valence-corrected chi connectivity index (χ4v) is 2.82. The van der Waals surface area contributed by atoms with Gasteiger partial charge in [-0.2, -0.15) is 0 Å². The molecule has 1 aromatic heterocycles. The molecule has 0 atom stereocenters. The lowest BCUT2D eigenvalue weighted by Crippen LogP contribution is -2.30. The van der Waals surface area contributed by atoms with Crippen LogP contribution in [-0.2, 0) is 12.0 Å². The van der Waals surface area contributed by atoms with Gasteiger partial charge in [-0.15, -0.1) is 11.3 Å². The lowest BCUT2D eigenvalue weighted by molar-refractivity contribution is 0.268. The van der Waals surface area contributed by atoms with Crippen molar-refractivity contribution in [2.45, 2.75) is 52.5 Å². The smallest absolute Gasteiger partial charge is 0.107 e. The molecule has 0 fully saturated rings. The molecule has 0 aliphatic rings. The first-order chi connectivity index (χ1) is 8.47. The van der Waals surface area contributed by atoms with Gasteiger partial charge in [0.1, 0.15) is 5.01 Å². The summed E-state index contributed by atoms with van der Waals surface area (Å²) < 4.78 is 0. The molecule has 1 aromatic rings. The van der Waals surface area contributed by atoms with E-state index in [1.54, 1.807) is 11.3 Å². The fourth-order valence-electron chi connectivity index (χ4n) is 1.75. The second-order valence-corrected chi connectivity index (χ2v) is 6.74. The van der Waals surface area contributed by atoms with E-state index >= 15 is 0 Å². The van der Waals surface area contributed by atoms with Crippen LogP contribution in [0.3, 0.4) is 0 Å². The molecule has 104 valence electrons. The van der Waals surface area contributed by atoms with Crippen LogP contribution in [0.15, 0.2) is 5.38 Å². The largest absolute Gasteiger partial charge is 0.329 e. The fraction of sp³-hybridized carbons (Fsp3) is 0.786. The van der Waals surface area contributed by atoms with Crippen molar-refractivity contribution in [1.29, 1.82) is 0 Å². The van der Waals surface area contributed by atoms with Crippen LogP contribution >= 0.6 is 11.3 Å². The molecule has 0 aliphatic heterocycles. The standard InChI is InChI=1S/C14H27N3S/c1-5-6-8-17(9-7-15)10-13-16-12(11-18-13)14(2,3)4/h11H,5-10,15H2,1-4H3. The van der Waals surface area contributed by atoms with Gasteiger partial charge in [0.2, 0.25) is 0 Å². The first-order valence-corrected chi connectivity index (χ1v) is 7.72. The summed E-state index contributed by atoms with van der Waals surface area (Å²) in [6.45, 7) is 12.6. The highest BCUT2D eigenvalue weighted by Crippen LogP contribution is 2.24. The van der Waals surface area contributed by atoms with Gasteiger partial charge in [-0.3, -0.25) is 4.90 Å². The van der Waals surface area contributed by atoms with E-state index in [0.717, 1.165) is 26.2 Å². The van der Waals surface area contributed by atoms with E-state index in [4.69, 9.17) is 10.7 Å². The number of aromatic nitrogens is 1. The van der Waals surface area contributed by atoms with Gasteiger partial charge in [-0.05, 0) is 13.0 Å². The minimum atomic E-state index is 0.150. The van der Waals surface area contributed by atoms with Crippen LogP contribution in [-0.4, -0.2) is 29.5 Å². The molecule has 0 bridgehead atoms. The van der Waals surface area contributed by atoms with E-state index in [9.17, 15) is 0 Å². The van der Waals surface area contributed by atoms with Gasteiger partial charge in [0, 0.05) is 23.9 Å². The number of hydrogen-bond donors (Lipinski definition) is 1. The summed E-state index contributed by atoms with van der Waals surface area (Å²) in [6, 6.07) is 0. The zero-order chi connectivity index (χ0) is 13.6. The second kappa shape index (κ2) is 7.22. The maximum atomic E-state index is 5.67. The molecule has 0 aromatic carbocycles. The SMILES string of the molecule is CCCCN(CCN)Cc1nc(C(C)(C)C)cs1. The summed E-state index contributed by atoms with van der Waals surface area (Å²) in [6.07, 6.45) is 2.46. The molecule has 0 spiro atoms. The number of hydrogen-bond acceptors (Lipinski definition) is 4. The van der Waals surface area contributed by atoms with Crippen molar-refractivity contribution in [3.05, 3.63) is 16.1 Å². The van der Waals surface area contributed by atoms with Crippen molar-refractivity contribution in [2.24, 2.45) is 5.73 Å². The predicted octanol–water partition coefficient (Wildman–Crippen LogP) is 3.00. The zero-order valence-electron chi connectivity index (χ0n) is 12.2. The van der Waals surface area contributed by atoms with Crippen LogP contribution in [0.5, 0.6) is 0 Å². The van der Waals surface area contributed by atoms with E-state index < -0.39 is 0 Å². The molecule has 0 aliphatic carbocycles. The predicted molar refractivity (Wildman–Crippen MR) is 80.1 cm³/mol. The Morgan fingerprint density at radius 3 is 2.56 bits per heavy atom. The molecule has 0 saturated carbocycles. The molecule has 3 nitrogen and oxygen atoms in total. The minimum Gasteiger partial charge on any atom is -0.329 e. The summed E-state index contributed by atoms with van der Waals surface area (Å²) in [5.74, 6) is 0. The Morgan fingerprint density at radius 1 is 1.33 bits per heavy atom. The van der Waals surface area contributed by atoms with Crippen LogP contribution in [0.4, 0.5) is 0 Å². The highest BCUT2D eigenvalue weighted by molar-refractivity contribution is 7.09. The maximum Gasteiger partial charge on any atom is 0.107 e. The first-order valence-electron chi connectivity index (χ1n) is 6.84. The van der Waals surface area contributed by atoms with Crippen LogP contribution in [0.25, 0.3) is 0 Å². The Balaban J connectivity index is 2.60.